The molecule has 170 valence electrons. The van der Waals surface area contributed by atoms with Crippen molar-refractivity contribution in [3.8, 4) is 0 Å². The lowest BCUT2D eigenvalue weighted by Crippen LogP contribution is -2.46. The third kappa shape index (κ3) is 3.99. The number of nitrogens with one attached hydrogen (secondary N) is 1. The summed E-state index contributed by atoms with van der Waals surface area (Å²) < 4.78 is 0. The predicted molar refractivity (Wildman–Crippen MR) is 132 cm³/mol. The maximum Gasteiger partial charge on any atom is 0.257 e. The Bertz CT molecular complexity index is 1360. The monoisotopic (exact) mass is 451 g/mol. The Labute approximate surface area is 197 Å². The number of aromatic amines is 1. The Kier molecular flexibility index (Phi) is 5.72. The van der Waals surface area contributed by atoms with Crippen LogP contribution in [0, 0.1) is 6.92 Å². The number of fused-ring (bicyclic) bond motifs is 1. The van der Waals surface area contributed by atoms with Crippen LogP contribution in [0.15, 0.2) is 85.1 Å². The first-order valence-electron chi connectivity index (χ1n) is 11.4. The van der Waals surface area contributed by atoms with Crippen molar-refractivity contribution in [3.05, 3.63) is 102 Å². The fraction of sp³-hybridized carbons (Fsp3) is 0.179. The maximum atomic E-state index is 13.6. The van der Waals surface area contributed by atoms with Gasteiger partial charge >= 0.3 is 0 Å². The number of nitrogens with zero attached hydrogens (tertiary/aromatic N) is 2. The largest absolute Gasteiger partial charge is 0.361 e. The average Bonchev–Trinajstić information content (AvgIpc) is 3.40. The first-order chi connectivity index (χ1) is 16.5. The first-order valence-corrected chi connectivity index (χ1v) is 11.4. The zero-order valence-corrected chi connectivity index (χ0v) is 18.9. The summed E-state index contributed by atoms with van der Waals surface area (Å²) >= 11 is 0. The number of aryl methyl sites for hydroxylation is 1. The van der Waals surface area contributed by atoms with Gasteiger partial charge in [0.1, 0.15) is 6.04 Å². The van der Waals surface area contributed by atoms with Gasteiger partial charge in [0.15, 0.2) is 0 Å². The quantitative estimate of drug-likeness (QED) is 0.439. The molecule has 3 amide bonds. The molecule has 6 nitrogen and oxygen atoms in total. The summed E-state index contributed by atoms with van der Waals surface area (Å²) in [5.41, 5.74) is 4.16. The lowest BCUT2D eigenvalue weighted by atomic mass is 10.1. The number of hydrogen-bond donors (Lipinski definition) is 1. The van der Waals surface area contributed by atoms with Crippen LogP contribution in [0.1, 0.15) is 27.9 Å². The second kappa shape index (κ2) is 8.98. The van der Waals surface area contributed by atoms with Gasteiger partial charge < -0.3 is 9.88 Å². The molecule has 0 radical (unpaired) electrons. The SMILES string of the molecule is Cc1ccc(C(=O)N(CCc2c[nH]c3ccccc23)C2CC(=O)N(c3ccccc3)C2=O)cc1. The van der Waals surface area contributed by atoms with Gasteiger partial charge in [0.05, 0.1) is 12.1 Å². The van der Waals surface area contributed by atoms with Gasteiger partial charge in [0.25, 0.3) is 11.8 Å². The Morgan fingerprint density at radius 2 is 1.68 bits per heavy atom. The number of anilines is 1. The fourth-order valence-electron chi connectivity index (χ4n) is 4.55. The number of imide groups is 1. The molecule has 34 heavy (non-hydrogen) atoms. The second-order valence-corrected chi connectivity index (χ2v) is 8.60. The lowest BCUT2D eigenvalue weighted by molar-refractivity contribution is -0.122. The molecule has 0 bridgehead atoms. The van der Waals surface area contributed by atoms with Gasteiger partial charge in [-0.2, -0.15) is 0 Å². The van der Waals surface area contributed by atoms with Crippen LogP contribution >= 0.6 is 0 Å². The highest BCUT2D eigenvalue weighted by Gasteiger charge is 2.44. The minimum atomic E-state index is -0.841. The van der Waals surface area contributed by atoms with Gasteiger partial charge in [-0.25, -0.2) is 4.90 Å². The van der Waals surface area contributed by atoms with Gasteiger partial charge in [-0.3, -0.25) is 14.4 Å². The van der Waals surface area contributed by atoms with Gasteiger partial charge in [-0.15, -0.1) is 0 Å². The van der Waals surface area contributed by atoms with E-state index >= 15 is 0 Å². The van der Waals surface area contributed by atoms with Gasteiger partial charge in [-0.1, -0.05) is 54.1 Å². The Morgan fingerprint density at radius 3 is 2.44 bits per heavy atom. The molecule has 3 aromatic carbocycles. The van der Waals surface area contributed by atoms with Crippen molar-refractivity contribution >= 4 is 34.3 Å². The van der Waals surface area contributed by atoms with Gasteiger partial charge in [-0.05, 0) is 49.2 Å². The number of aromatic nitrogens is 1. The predicted octanol–water partition coefficient (Wildman–Crippen LogP) is 4.49. The molecule has 1 unspecified atom stereocenters. The summed E-state index contributed by atoms with van der Waals surface area (Å²) in [6.45, 7) is 2.28. The minimum absolute atomic E-state index is 0.0286. The molecular weight excluding hydrogens is 426 g/mol. The number of H-pyrrole nitrogens is 1. The highest BCUT2D eigenvalue weighted by Crippen LogP contribution is 2.27. The van der Waals surface area contributed by atoms with Gasteiger partial charge in [0, 0.05) is 29.2 Å². The molecule has 1 saturated heterocycles. The van der Waals surface area contributed by atoms with E-state index in [0.29, 0.717) is 24.2 Å². The van der Waals surface area contributed by atoms with Crippen molar-refractivity contribution in [1.29, 1.82) is 0 Å². The van der Waals surface area contributed by atoms with E-state index in [-0.39, 0.29) is 24.1 Å². The van der Waals surface area contributed by atoms with Crippen molar-refractivity contribution in [2.24, 2.45) is 0 Å². The highest BCUT2D eigenvalue weighted by atomic mass is 16.2. The summed E-state index contributed by atoms with van der Waals surface area (Å²) in [7, 11) is 0. The summed E-state index contributed by atoms with van der Waals surface area (Å²) in [5.74, 6) is -0.911. The van der Waals surface area contributed by atoms with E-state index in [0.717, 1.165) is 22.0 Å². The van der Waals surface area contributed by atoms with Crippen molar-refractivity contribution in [2.75, 3.05) is 11.4 Å². The average molecular weight is 452 g/mol. The zero-order chi connectivity index (χ0) is 23.7. The van der Waals surface area contributed by atoms with Crippen LogP contribution in [0.5, 0.6) is 0 Å². The number of amides is 3. The summed E-state index contributed by atoms with van der Waals surface area (Å²) in [4.78, 5) is 45.9. The highest BCUT2D eigenvalue weighted by molar-refractivity contribution is 6.23. The van der Waals surface area contributed by atoms with Crippen LogP contribution in [-0.4, -0.2) is 40.2 Å². The summed E-state index contributed by atoms with van der Waals surface area (Å²) in [6.07, 6.45) is 2.47. The number of carbonyl (C=O) groups is 3. The number of carbonyl (C=O) groups excluding carboxylic acids is 3. The molecular formula is C28H25N3O3. The minimum Gasteiger partial charge on any atom is -0.361 e. The van der Waals surface area contributed by atoms with Crippen LogP contribution in [0.2, 0.25) is 0 Å². The van der Waals surface area contributed by atoms with E-state index in [4.69, 9.17) is 0 Å². The van der Waals surface area contributed by atoms with Crippen LogP contribution in [0.4, 0.5) is 5.69 Å². The van der Waals surface area contributed by atoms with Crippen molar-refractivity contribution < 1.29 is 14.4 Å². The molecule has 1 aliphatic heterocycles. The summed E-state index contributed by atoms with van der Waals surface area (Å²) in [5, 5.41) is 1.09. The smallest absolute Gasteiger partial charge is 0.257 e. The van der Waals surface area contributed by atoms with Crippen molar-refractivity contribution in [3.63, 3.8) is 0 Å². The number of para-hydroxylation sites is 2. The van der Waals surface area contributed by atoms with Gasteiger partial charge in [0.2, 0.25) is 5.91 Å². The molecule has 0 spiro atoms. The Morgan fingerprint density at radius 1 is 0.971 bits per heavy atom. The molecule has 1 N–H and O–H groups in total. The Balaban J connectivity index is 1.46. The molecule has 1 aliphatic rings. The van der Waals surface area contributed by atoms with E-state index in [1.165, 1.54) is 4.90 Å². The molecule has 4 aromatic rings. The van der Waals surface area contributed by atoms with E-state index in [1.807, 2.05) is 55.6 Å². The standard InChI is InChI=1S/C28H25N3O3/c1-19-11-13-20(14-12-19)27(33)30(16-15-21-18-29-24-10-6-5-9-23(21)24)25-17-26(32)31(28(25)34)22-7-3-2-4-8-22/h2-14,18,25,29H,15-17H2,1H3. The molecule has 1 fully saturated rings. The molecule has 1 aromatic heterocycles. The van der Waals surface area contributed by atoms with Crippen molar-refractivity contribution in [1.82, 2.24) is 9.88 Å². The molecule has 0 saturated carbocycles. The molecule has 6 heteroatoms. The first kappa shape index (κ1) is 21.6. The van der Waals surface area contributed by atoms with E-state index in [1.54, 1.807) is 41.3 Å². The van der Waals surface area contributed by atoms with E-state index in [2.05, 4.69) is 4.98 Å². The number of hydrogen-bond acceptors (Lipinski definition) is 3. The van der Waals surface area contributed by atoms with E-state index < -0.39 is 6.04 Å². The topological polar surface area (TPSA) is 73.5 Å². The summed E-state index contributed by atoms with van der Waals surface area (Å²) in [6, 6.07) is 23.3. The van der Waals surface area contributed by atoms with Crippen LogP contribution in [0.3, 0.4) is 0 Å². The molecule has 2 heterocycles. The van der Waals surface area contributed by atoms with E-state index in [9.17, 15) is 14.4 Å². The fourth-order valence-corrected chi connectivity index (χ4v) is 4.55. The Hall–Kier alpha value is -4.19. The third-order valence-electron chi connectivity index (χ3n) is 6.37. The van der Waals surface area contributed by atoms with Crippen LogP contribution < -0.4 is 4.90 Å². The second-order valence-electron chi connectivity index (χ2n) is 8.60. The third-order valence-corrected chi connectivity index (χ3v) is 6.37. The zero-order valence-electron chi connectivity index (χ0n) is 18.9. The van der Waals surface area contributed by atoms with Crippen molar-refractivity contribution in [2.45, 2.75) is 25.8 Å². The molecule has 1 atom stereocenters. The van der Waals surface area contributed by atoms with Crippen LogP contribution in [-0.2, 0) is 16.0 Å². The molecule has 5 rings (SSSR count). The normalized spacial score (nSPS) is 15.8. The number of rotatable bonds is 6. The molecule has 0 aliphatic carbocycles. The maximum absolute atomic E-state index is 13.6. The lowest BCUT2D eigenvalue weighted by Gasteiger charge is -2.28. The van der Waals surface area contributed by atoms with Crippen LogP contribution in [0.25, 0.3) is 10.9 Å². The number of benzene rings is 3.